The Morgan fingerprint density at radius 1 is 1.21 bits per heavy atom. The minimum atomic E-state index is -0.0969. The van der Waals surface area contributed by atoms with Crippen LogP contribution in [-0.4, -0.2) is 35.1 Å². The topological polar surface area (TPSA) is 64.9 Å². The van der Waals surface area contributed by atoms with Gasteiger partial charge in [-0.25, -0.2) is 4.98 Å². The molecule has 1 amide bonds. The highest BCUT2D eigenvalue weighted by molar-refractivity contribution is 5.94. The lowest BCUT2D eigenvalue weighted by Crippen LogP contribution is -2.25. The second kappa shape index (κ2) is 8.89. The molecule has 0 unspecified atom stereocenters. The Kier molecular flexibility index (Phi) is 5.87. The molecule has 6 heteroatoms. The molecule has 0 spiro atoms. The van der Waals surface area contributed by atoms with Crippen molar-refractivity contribution in [2.45, 2.75) is 25.9 Å². The second-order valence-corrected chi connectivity index (χ2v) is 7.14. The molecule has 3 aromatic rings. The summed E-state index contributed by atoms with van der Waals surface area (Å²) in [4.78, 5) is 16.8. The molecule has 1 saturated carbocycles. The largest absolute Gasteiger partial charge is 0.487 e. The summed E-state index contributed by atoms with van der Waals surface area (Å²) < 4.78 is 13.4. The van der Waals surface area contributed by atoms with E-state index in [1.807, 2.05) is 47.1 Å². The predicted molar refractivity (Wildman–Crippen MR) is 106 cm³/mol. The number of aromatic nitrogens is 2. The number of hydrogen-bond donors (Lipinski definition) is 1. The van der Waals surface area contributed by atoms with Gasteiger partial charge in [-0.2, -0.15) is 0 Å². The molecule has 4 rings (SSSR count). The van der Waals surface area contributed by atoms with E-state index in [-0.39, 0.29) is 5.91 Å². The monoisotopic (exact) mass is 379 g/mol. The van der Waals surface area contributed by atoms with Crippen molar-refractivity contribution in [2.75, 3.05) is 19.8 Å². The van der Waals surface area contributed by atoms with Gasteiger partial charge in [-0.15, -0.1) is 0 Å². The fraction of sp³-hybridized carbons (Fsp3) is 0.364. The van der Waals surface area contributed by atoms with Gasteiger partial charge in [0.15, 0.2) is 0 Å². The van der Waals surface area contributed by atoms with Crippen molar-refractivity contribution < 1.29 is 14.3 Å². The average molecular weight is 379 g/mol. The first kappa shape index (κ1) is 18.5. The van der Waals surface area contributed by atoms with E-state index >= 15 is 0 Å². The SMILES string of the molecule is O=C(NCCCOCC1CC1)c1cccc(OCc2cn3ccccc3n2)c1. The zero-order chi connectivity index (χ0) is 19.2. The standard InChI is InChI=1S/C22H25N3O3/c26-22(23-10-4-12-27-15-17-8-9-17)18-5-3-6-20(13-18)28-16-19-14-25-11-2-1-7-21(25)24-19/h1-3,5-7,11,13-14,17H,4,8-10,12,15-16H2,(H,23,26). The third-order valence-corrected chi connectivity index (χ3v) is 4.70. The van der Waals surface area contributed by atoms with Gasteiger partial charge in [0.1, 0.15) is 18.0 Å². The number of carbonyl (C=O) groups excluding carboxylic acids is 1. The van der Waals surface area contributed by atoms with Crippen molar-refractivity contribution in [3.63, 3.8) is 0 Å². The number of imidazole rings is 1. The molecule has 146 valence electrons. The van der Waals surface area contributed by atoms with Gasteiger partial charge in [0, 0.05) is 37.7 Å². The summed E-state index contributed by atoms with van der Waals surface area (Å²) in [6, 6.07) is 13.1. The maximum atomic E-state index is 12.3. The van der Waals surface area contributed by atoms with Gasteiger partial charge in [0.25, 0.3) is 5.91 Å². The summed E-state index contributed by atoms with van der Waals surface area (Å²) >= 11 is 0. The number of ether oxygens (including phenoxy) is 2. The zero-order valence-corrected chi connectivity index (χ0v) is 15.8. The van der Waals surface area contributed by atoms with Crippen LogP contribution in [0.5, 0.6) is 5.75 Å². The minimum Gasteiger partial charge on any atom is -0.487 e. The van der Waals surface area contributed by atoms with Crippen molar-refractivity contribution in [3.05, 3.63) is 66.1 Å². The summed E-state index contributed by atoms with van der Waals surface area (Å²) in [6.45, 7) is 2.51. The molecule has 0 radical (unpaired) electrons. The van der Waals surface area contributed by atoms with Crippen LogP contribution in [0.25, 0.3) is 5.65 Å². The molecular weight excluding hydrogens is 354 g/mol. The highest BCUT2D eigenvalue weighted by Gasteiger charge is 2.20. The van der Waals surface area contributed by atoms with Gasteiger partial charge in [0.05, 0.1) is 5.69 Å². The van der Waals surface area contributed by atoms with E-state index in [1.54, 1.807) is 12.1 Å². The lowest BCUT2D eigenvalue weighted by molar-refractivity contribution is 0.0937. The van der Waals surface area contributed by atoms with E-state index in [4.69, 9.17) is 9.47 Å². The molecular formula is C22H25N3O3. The summed E-state index contributed by atoms with van der Waals surface area (Å²) in [5, 5.41) is 2.93. The lowest BCUT2D eigenvalue weighted by Gasteiger charge is -2.08. The van der Waals surface area contributed by atoms with Crippen molar-refractivity contribution in [1.82, 2.24) is 14.7 Å². The number of hydrogen-bond acceptors (Lipinski definition) is 4. The first-order chi connectivity index (χ1) is 13.8. The van der Waals surface area contributed by atoms with E-state index in [0.717, 1.165) is 30.3 Å². The Morgan fingerprint density at radius 2 is 2.14 bits per heavy atom. The molecule has 28 heavy (non-hydrogen) atoms. The number of nitrogens with one attached hydrogen (secondary N) is 1. The lowest BCUT2D eigenvalue weighted by atomic mass is 10.2. The number of nitrogens with zero attached hydrogens (tertiary/aromatic N) is 2. The van der Waals surface area contributed by atoms with Crippen LogP contribution in [0.2, 0.25) is 0 Å². The molecule has 0 saturated heterocycles. The second-order valence-electron chi connectivity index (χ2n) is 7.14. The summed E-state index contributed by atoms with van der Waals surface area (Å²) in [7, 11) is 0. The third-order valence-electron chi connectivity index (χ3n) is 4.70. The Bertz CT molecular complexity index is 900. The molecule has 1 aliphatic rings. The summed E-state index contributed by atoms with van der Waals surface area (Å²) in [6.07, 6.45) is 7.31. The average Bonchev–Trinajstić information content (AvgIpc) is 3.45. The number of pyridine rings is 1. The van der Waals surface area contributed by atoms with E-state index in [2.05, 4.69) is 10.3 Å². The first-order valence-corrected chi connectivity index (χ1v) is 9.79. The maximum Gasteiger partial charge on any atom is 0.251 e. The molecule has 0 atom stereocenters. The minimum absolute atomic E-state index is 0.0969. The first-order valence-electron chi connectivity index (χ1n) is 9.79. The van der Waals surface area contributed by atoms with Crippen LogP contribution in [0.4, 0.5) is 0 Å². The van der Waals surface area contributed by atoms with E-state index in [0.29, 0.717) is 31.1 Å². The molecule has 6 nitrogen and oxygen atoms in total. The number of carbonyl (C=O) groups is 1. The van der Waals surface area contributed by atoms with E-state index in [9.17, 15) is 4.79 Å². The quantitative estimate of drug-likeness (QED) is 0.548. The van der Waals surface area contributed by atoms with Crippen LogP contribution in [0.3, 0.4) is 0 Å². The maximum absolute atomic E-state index is 12.3. The number of amides is 1. The van der Waals surface area contributed by atoms with Gasteiger partial charge in [-0.3, -0.25) is 4.79 Å². The Hall–Kier alpha value is -2.86. The van der Waals surface area contributed by atoms with Gasteiger partial charge in [-0.1, -0.05) is 12.1 Å². The molecule has 1 aliphatic carbocycles. The normalized spacial score (nSPS) is 13.6. The van der Waals surface area contributed by atoms with Crippen LogP contribution < -0.4 is 10.1 Å². The van der Waals surface area contributed by atoms with Crippen LogP contribution in [-0.2, 0) is 11.3 Å². The molecule has 2 heterocycles. The molecule has 1 fully saturated rings. The summed E-state index contributed by atoms with van der Waals surface area (Å²) in [5.41, 5.74) is 2.31. The van der Waals surface area contributed by atoms with Crippen molar-refractivity contribution in [3.8, 4) is 5.75 Å². The van der Waals surface area contributed by atoms with Crippen molar-refractivity contribution in [2.24, 2.45) is 5.92 Å². The van der Waals surface area contributed by atoms with Crippen LogP contribution in [0.1, 0.15) is 35.3 Å². The molecule has 0 aliphatic heterocycles. The molecule has 0 bridgehead atoms. The predicted octanol–water partition coefficient (Wildman–Crippen LogP) is 3.46. The summed E-state index contributed by atoms with van der Waals surface area (Å²) in [5.74, 6) is 1.33. The van der Waals surface area contributed by atoms with Crippen molar-refractivity contribution >= 4 is 11.6 Å². The van der Waals surface area contributed by atoms with E-state index in [1.165, 1.54) is 12.8 Å². The van der Waals surface area contributed by atoms with Gasteiger partial charge >= 0.3 is 0 Å². The fourth-order valence-electron chi connectivity index (χ4n) is 2.95. The third kappa shape index (κ3) is 5.10. The molecule has 1 N–H and O–H groups in total. The van der Waals surface area contributed by atoms with Crippen LogP contribution >= 0.6 is 0 Å². The van der Waals surface area contributed by atoms with Crippen LogP contribution in [0, 0.1) is 5.92 Å². The Labute approximate surface area is 164 Å². The van der Waals surface area contributed by atoms with Gasteiger partial charge in [-0.05, 0) is 55.5 Å². The Balaban J connectivity index is 1.24. The zero-order valence-electron chi connectivity index (χ0n) is 15.8. The van der Waals surface area contributed by atoms with E-state index < -0.39 is 0 Å². The smallest absolute Gasteiger partial charge is 0.251 e. The fourth-order valence-corrected chi connectivity index (χ4v) is 2.95. The Morgan fingerprint density at radius 3 is 3.00 bits per heavy atom. The van der Waals surface area contributed by atoms with Gasteiger partial charge in [0.2, 0.25) is 0 Å². The highest BCUT2D eigenvalue weighted by Crippen LogP contribution is 2.28. The highest BCUT2D eigenvalue weighted by atomic mass is 16.5. The number of rotatable bonds is 10. The van der Waals surface area contributed by atoms with Crippen LogP contribution in [0.15, 0.2) is 54.9 Å². The number of fused-ring (bicyclic) bond motifs is 1. The van der Waals surface area contributed by atoms with Gasteiger partial charge < -0.3 is 19.2 Å². The number of benzene rings is 1. The molecule has 1 aromatic carbocycles. The van der Waals surface area contributed by atoms with Crippen molar-refractivity contribution in [1.29, 1.82) is 0 Å². The molecule has 2 aromatic heterocycles.